The SMILES string of the molecule is CCOC(=O)O.[Zn]. The summed E-state index contributed by atoms with van der Waals surface area (Å²) in [6.45, 7) is 1.85. The third-order valence-electron chi connectivity index (χ3n) is 0.268. The molecule has 0 aliphatic heterocycles. The molecule has 0 bridgehead atoms. The number of hydrogen-bond donors (Lipinski definition) is 1. The van der Waals surface area contributed by atoms with Crippen molar-refractivity contribution < 1.29 is 34.1 Å². The molecule has 0 aliphatic rings. The van der Waals surface area contributed by atoms with Crippen LogP contribution in [-0.4, -0.2) is 17.9 Å². The zero-order valence-corrected chi connectivity index (χ0v) is 7.15. The monoisotopic (exact) mass is 154 g/mol. The van der Waals surface area contributed by atoms with Gasteiger partial charge in [-0.1, -0.05) is 0 Å². The minimum atomic E-state index is -1.21. The first kappa shape index (κ1) is 10.00. The number of carboxylic acid groups (broad SMARTS) is 1. The third kappa shape index (κ3) is 10.7. The maximum Gasteiger partial charge on any atom is 0.505 e. The van der Waals surface area contributed by atoms with Gasteiger partial charge in [-0.2, -0.15) is 0 Å². The molecule has 0 saturated heterocycles. The van der Waals surface area contributed by atoms with Gasteiger partial charge in [0.15, 0.2) is 0 Å². The van der Waals surface area contributed by atoms with E-state index in [9.17, 15) is 4.79 Å². The summed E-state index contributed by atoms with van der Waals surface area (Å²) in [5, 5.41) is 7.69. The maximum atomic E-state index is 9.38. The van der Waals surface area contributed by atoms with Crippen LogP contribution in [0.4, 0.5) is 4.79 Å². The fraction of sp³-hybridized carbons (Fsp3) is 0.667. The number of rotatable bonds is 1. The van der Waals surface area contributed by atoms with Crippen LogP contribution < -0.4 is 0 Å². The van der Waals surface area contributed by atoms with E-state index in [4.69, 9.17) is 5.11 Å². The molecule has 0 fully saturated rings. The van der Waals surface area contributed by atoms with Gasteiger partial charge in [0.05, 0.1) is 6.61 Å². The quantitative estimate of drug-likeness (QED) is 0.448. The van der Waals surface area contributed by atoms with E-state index >= 15 is 0 Å². The first-order valence-corrected chi connectivity index (χ1v) is 1.63. The van der Waals surface area contributed by atoms with Crippen LogP contribution in [0.3, 0.4) is 0 Å². The first-order valence-electron chi connectivity index (χ1n) is 1.63. The van der Waals surface area contributed by atoms with E-state index in [2.05, 4.69) is 4.74 Å². The van der Waals surface area contributed by atoms with Crippen molar-refractivity contribution >= 4 is 6.16 Å². The summed E-state index contributed by atoms with van der Waals surface area (Å²) in [7, 11) is 0. The average Bonchev–Trinajstić information content (AvgIpc) is 1.35. The molecular formula is C3H6O3Zn. The van der Waals surface area contributed by atoms with Gasteiger partial charge in [0.25, 0.3) is 0 Å². The van der Waals surface area contributed by atoms with Crippen LogP contribution in [0.2, 0.25) is 0 Å². The Morgan fingerprint density at radius 1 is 1.86 bits per heavy atom. The molecule has 0 spiro atoms. The van der Waals surface area contributed by atoms with Crippen molar-refractivity contribution in [2.45, 2.75) is 6.92 Å². The van der Waals surface area contributed by atoms with E-state index in [0.29, 0.717) is 0 Å². The Morgan fingerprint density at radius 2 is 2.29 bits per heavy atom. The second-order valence-corrected chi connectivity index (χ2v) is 0.699. The van der Waals surface area contributed by atoms with Gasteiger partial charge in [0.1, 0.15) is 0 Å². The summed E-state index contributed by atoms with van der Waals surface area (Å²) < 4.78 is 3.96. The predicted molar refractivity (Wildman–Crippen MR) is 19.7 cm³/mol. The molecule has 0 amide bonds. The summed E-state index contributed by atoms with van der Waals surface area (Å²) in [6.07, 6.45) is -1.21. The van der Waals surface area contributed by atoms with Crippen molar-refractivity contribution in [3.63, 3.8) is 0 Å². The zero-order valence-electron chi connectivity index (χ0n) is 4.18. The molecule has 0 atom stereocenters. The number of hydrogen-bond acceptors (Lipinski definition) is 2. The Balaban J connectivity index is 0. The molecule has 4 heteroatoms. The van der Waals surface area contributed by atoms with Crippen molar-refractivity contribution in [3.05, 3.63) is 0 Å². The predicted octanol–water partition coefficient (Wildman–Crippen LogP) is 0.698. The van der Waals surface area contributed by atoms with Crippen LogP contribution in [0.25, 0.3) is 0 Å². The van der Waals surface area contributed by atoms with Gasteiger partial charge in [-0.3, -0.25) is 0 Å². The van der Waals surface area contributed by atoms with Gasteiger partial charge in [0.2, 0.25) is 0 Å². The molecule has 0 aliphatic carbocycles. The summed E-state index contributed by atoms with van der Waals surface area (Å²) in [5.74, 6) is 0. The van der Waals surface area contributed by atoms with E-state index in [1.54, 1.807) is 6.92 Å². The van der Waals surface area contributed by atoms with E-state index in [0.717, 1.165) is 0 Å². The molecule has 0 aromatic heterocycles. The van der Waals surface area contributed by atoms with Crippen LogP contribution >= 0.6 is 0 Å². The zero-order chi connectivity index (χ0) is 4.99. The van der Waals surface area contributed by atoms with Gasteiger partial charge in [-0.15, -0.1) is 0 Å². The Hall–Kier alpha value is -0.107. The fourth-order valence-corrected chi connectivity index (χ4v) is 0.123. The largest absolute Gasteiger partial charge is 0.505 e. The molecule has 0 radical (unpaired) electrons. The number of ether oxygens (including phenoxy) is 1. The van der Waals surface area contributed by atoms with E-state index in [1.165, 1.54) is 0 Å². The molecule has 1 N–H and O–H groups in total. The molecule has 0 aromatic rings. The third-order valence-corrected chi connectivity index (χ3v) is 0.268. The normalized spacial score (nSPS) is 6.43. The number of carbonyl (C=O) groups is 1. The van der Waals surface area contributed by atoms with E-state index < -0.39 is 6.16 Å². The Labute approximate surface area is 54.4 Å². The average molecular weight is 155 g/mol. The molecule has 0 unspecified atom stereocenters. The fourth-order valence-electron chi connectivity index (χ4n) is 0.123. The molecule has 0 aromatic carbocycles. The molecule has 0 heterocycles. The van der Waals surface area contributed by atoms with Crippen molar-refractivity contribution in [1.29, 1.82) is 0 Å². The van der Waals surface area contributed by atoms with Gasteiger partial charge in [-0.25, -0.2) is 4.79 Å². The second-order valence-electron chi connectivity index (χ2n) is 0.699. The molecule has 7 heavy (non-hydrogen) atoms. The second kappa shape index (κ2) is 5.89. The molecule has 0 saturated carbocycles. The molecular weight excluding hydrogens is 149 g/mol. The summed E-state index contributed by atoms with van der Waals surface area (Å²) >= 11 is 0. The van der Waals surface area contributed by atoms with E-state index in [1.807, 2.05) is 0 Å². The van der Waals surface area contributed by atoms with Crippen molar-refractivity contribution in [3.8, 4) is 0 Å². The molecule has 0 rings (SSSR count). The van der Waals surface area contributed by atoms with Crippen molar-refractivity contribution in [2.75, 3.05) is 6.61 Å². The summed E-state index contributed by atoms with van der Waals surface area (Å²) in [5.41, 5.74) is 0. The standard InChI is InChI=1S/C3H6O3.Zn/c1-2-6-3(4)5;/h2H2,1H3,(H,4,5);. The minimum absolute atomic E-state index is 0. The van der Waals surface area contributed by atoms with Crippen molar-refractivity contribution in [2.24, 2.45) is 0 Å². The van der Waals surface area contributed by atoms with Crippen LogP contribution in [0, 0.1) is 0 Å². The van der Waals surface area contributed by atoms with Gasteiger partial charge >= 0.3 is 6.16 Å². The Morgan fingerprint density at radius 3 is 2.29 bits per heavy atom. The molecule has 38 valence electrons. The topological polar surface area (TPSA) is 46.5 Å². The van der Waals surface area contributed by atoms with Crippen molar-refractivity contribution in [1.82, 2.24) is 0 Å². The van der Waals surface area contributed by atoms with Crippen LogP contribution in [0.15, 0.2) is 0 Å². The minimum Gasteiger partial charge on any atom is -0.450 e. The summed E-state index contributed by atoms with van der Waals surface area (Å²) in [6, 6.07) is 0. The Kier molecular flexibility index (Phi) is 8.42. The molecule has 3 nitrogen and oxygen atoms in total. The van der Waals surface area contributed by atoms with Crippen LogP contribution in [0.1, 0.15) is 6.92 Å². The maximum absolute atomic E-state index is 9.38. The Bertz CT molecular complexity index is 54.1. The smallest absolute Gasteiger partial charge is 0.450 e. The summed E-state index contributed by atoms with van der Waals surface area (Å²) in [4.78, 5) is 9.38. The van der Waals surface area contributed by atoms with Crippen LogP contribution in [0.5, 0.6) is 0 Å². The first-order chi connectivity index (χ1) is 2.77. The van der Waals surface area contributed by atoms with Crippen LogP contribution in [-0.2, 0) is 24.2 Å². The van der Waals surface area contributed by atoms with E-state index in [-0.39, 0.29) is 26.1 Å². The van der Waals surface area contributed by atoms with Gasteiger partial charge < -0.3 is 9.84 Å². The van der Waals surface area contributed by atoms with Gasteiger partial charge in [0, 0.05) is 19.5 Å². The van der Waals surface area contributed by atoms with Gasteiger partial charge in [-0.05, 0) is 6.92 Å².